The van der Waals surface area contributed by atoms with Crippen LogP contribution in [0.2, 0.25) is 0 Å². The predicted molar refractivity (Wildman–Crippen MR) is 152 cm³/mol. The number of rotatable bonds is 9. The summed E-state index contributed by atoms with van der Waals surface area (Å²) in [5.41, 5.74) is 0.0340. The molecular formula is C30H34N2O6S. The monoisotopic (exact) mass is 550 g/mol. The van der Waals surface area contributed by atoms with E-state index in [9.17, 15) is 19.5 Å². The molecule has 3 aromatic rings. The highest BCUT2D eigenvalue weighted by atomic mass is 32.1. The zero-order valence-electron chi connectivity index (χ0n) is 22.5. The fraction of sp³-hybridized carbons (Fsp3) is 0.367. The maximum absolute atomic E-state index is 13.9. The number of aryl methyl sites for hydroxylation is 1. The third-order valence-corrected chi connectivity index (χ3v) is 8.05. The van der Waals surface area contributed by atoms with Crippen molar-refractivity contribution in [1.29, 1.82) is 0 Å². The first-order valence-electron chi connectivity index (χ1n) is 13.0. The van der Waals surface area contributed by atoms with Crippen molar-refractivity contribution >= 4 is 40.3 Å². The molecule has 1 fully saturated rings. The van der Waals surface area contributed by atoms with E-state index >= 15 is 0 Å². The Balaban J connectivity index is 1.75. The number of ether oxygens (including phenoxy) is 2. The van der Waals surface area contributed by atoms with Gasteiger partial charge >= 0.3 is 0 Å². The standard InChI is InChI=1S/C30H34N2O6S/c1-5-37-22-13-9-7-11-19(22)31-28(34)24-21(33)17-30(4,36)26(25(24)27-18(3)15-16-39-27)29(35)32-20-12-8-10-14-23(20)38-6-2/h7-16,24-26,36H,5-6,17H2,1-4H3,(H,31,34)(H,32,35). The molecular weight excluding hydrogens is 516 g/mol. The van der Waals surface area contributed by atoms with Gasteiger partial charge in [0.25, 0.3) is 0 Å². The van der Waals surface area contributed by atoms with Gasteiger partial charge in [-0.25, -0.2) is 0 Å². The summed E-state index contributed by atoms with van der Waals surface area (Å²) in [7, 11) is 0. The molecule has 39 heavy (non-hydrogen) atoms. The number of Topliss-reactive ketones (excluding diaryl/α,β-unsaturated/α-hetero) is 1. The Labute approximate surface area is 232 Å². The van der Waals surface area contributed by atoms with Crippen LogP contribution >= 0.6 is 11.3 Å². The first-order chi connectivity index (χ1) is 18.7. The predicted octanol–water partition coefficient (Wildman–Crippen LogP) is 5.17. The number of thiophene rings is 1. The maximum atomic E-state index is 13.9. The van der Waals surface area contributed by atoms with Crippen LogP contribution in [-0.2, 0) is 14.4 Å². The zero-order valence-corrected chi connectivity index (χ0v) is 23.3. The van der Waals surface area contributed by atoms with Gasteiger partial charge in [-0.15, -0.1) is 11.3 Å². The van der Waals surface area contributed by atoms with Crippen LogP contribution in [0.3, 0.4) is 0 Å². The van der Waals surface area contributed by atoms with Crippen molar-refractivity contribution in [3.05, 3.63) is 70.4 Å². The molecule has 1 saturated carbocycles. The number of hydrogen-bond donors (Lipinski definition) is 3. The highest BCUT2D eigenvalue weighted by molar-refractivity contribution is 7.10. The zero-order chi connectivity index (χ0) is 28.2. The number of nitrogens with one attached hydrogen (secondary N) is 2. The average Bonchev–Trinajstić information content (AvgIpc) is 3.31. The summed E-state index contributed by atoms with van der Waals surface area (Å²) in [6.45, 7) is 7.86. The van der Waals surface area contributed by atoms with Gasteiger partial charge < -0.3 is 25.2 Å². The van der Waals surface area contributed by atoms with E-state index in [0.717, 1.165) is 5.56 Å². The minimum Gasteiger partial charge on any atom is -0.492 e. The van der Waals surface area contributed by atoms with Gasteiger partial charge in [-0.3, -0.25) is 14.4 Å². The van der Waals surface area contributed by atoms with Crippen LogP contribution in [0.15, 0.2) is 60.0 Å². The maximum Gasteiger partial charge on any atom is 0.235 e. The Hall–Kier alpha value is -3.69. The molecule has 4 rings (SSSR count). The van der Waals surface area contributed by atoms with Crippen LogP contribution in [0.1, 0.15) is 43.6 Å². The molecule has 0 saturated heterocycles. The number of ketones is 1. The number of anilines is 2. The molecule has 0 bridgehead atoms. The fourth-order valence-electron chi connectivity index (χ4n) is 5.26. The quantitative estimate of drug-likeness (QED) is 0.317. The first kappa shape index (κ1) is 28.3. The van der Waals surface area contributed by atoms with Gasteiger partial charge in [-0.2, -0.15) is 0 Å². The Morgan fingerprint density at radius 1 is 0.949 bits per heavy atom. The highest BCUT2D eigenvalue weighted by Crippen LogP contribution is 2.49. The molecule has 206 valence electrons. The number of carbonyl (C=O) groups is 3. The minimum atomic E-state index is -1.69. The van der Waals surface area contributed by atoms with E-state index in [2.05, 4.69) is 10.6 Å². The lowest BCUT2D eigenvalue weighted by Gasteiger charge is -2.44. The molecule has 2 amide bonds. The van der Waals surface area contributed by atoms with Crippen LogP contribution < -0.4 is 20.1 Å². The van der Waals surface area contributed by atoms with E-state index in [-0.39, 0.29) is 6.42 Å². The van der Waals surface area contributed by atoms with E-state index in [4.69, 9.17) is 9.47 Å². The second-order valence-electron chi connectivity index (χ2n) is 9.79. The Kier molecular flexibility index (Phi) is 8.72. The molecule has 0 radical (unpaired) electrons. The van der Waals surface area contributed by atoms with E-state index < -0.39 is 41.0 Å². The first-order valence-corrected chi connectivity index (χ1v) is 13.9. The molecule has 8 nitrogen and oxygen atoms in total. The van der Waals surface area contributed by atoms with Gasteiger partial charge in [0, 0.05) is 17.2 Å². The number of benzene rings is 2. The van der Waals surface area contributed by atoms with E-state index in [1.165, 1.54) is 18.3 Å². The van der Waals surface area contributed by atoms with Crippen molar-refractivity contribution in [2.24, 2.45) is 11.8 Å². The fourth-order valence-corrected chi connectivity index (χ4v) is 6.36. The van der Waals surface area contributed by atoms with Crippen molar-refractivity contribution in [1.82, 2.24) is 0 Å². The summed E-state index contributed by atoms with van der Waals surface area (Å²) in [5, 5.41) is 19.1. The number of para-hydroxylation sites is 4. The van der Waals surface area contributed by atoms with E-state index in [0.29, 0.717) is 41.0 Å². The Morgan fingerprint density at radius 2 is 1.49 bits per heavy atom. The van der Waals surface area contributed by atoms with Crippen LogP contribution in [0.5, 0.6) is 11.5 Å². The molecule has 4 atom stereocenters. The van der Waals surface area contributed by atoms with Gasteiger partial charge in [0.05, 0.1) is 36.1 Å². The van der Waals surface area contributed by atoms with Crippen LogP contribution in [0.4, 0.5) is 11.4 Å². The molecule has 3 N–H and O–H groups in total. The molecule has 1 heterocycles. The molecule has 0 aliphatic heterocycles. The number of hydrogen-bond acceptors (Lipinski definition) is 7. The number of amides is 2. The van der Waals surface area contributed by atoms with Gasteiger partial charge in [0.1, 0.15) is 23.2 Å². The summed E-state index contributed by atoms with van der Waals surface area (Å²) >= 11 is 1.36. The third kappa shape index (κ3) is 5.99. The normalized spacial score (nSPS) is 22.7. The van der Waals surface area contributed by atoms with Crippen LogP contribution in [0, 0.1) is 18.8 Å². The van der Waals surface area contributed by atoms with Gasteiger partial charge in [-0.1, -0.05) is 24.3 Å². The molecule has 4 unspecified atom stereocenters. The lowest BCUT2D eigenvalue weighted by Crippen LogP contribution is -2.56. The molecule has 0 spiro atoms. The van der Waals surface area contributed by atoms with Crippen LogP contribution in [-0.4, -0.2) is 41.5 Å². The Morgan fingerprint density at radius 3 is 2.00 bits per heavy atom. The summed E-state index contributed by atoms with van der Waals surface area (Å²) in [6.07, 6.45) is -0.343. The Bertz CT molecular complexity index is 1350. The third-order valence-electron chi connectivity index (χ3n) is 6.93. The van der Waals surface area contributed by atoms with Crippen molar-refractivity contribution in [3.63, 3.8) is 0 Å². The summed E-state index contributed by atoms with van der Waals surface area (Å²) in [6, 6.07) is 15.9. The minimum absolute atomic E-state index is 0.343. The second-order valence-corrected chi connectivity index (χ2v) is 10.7. The molecule has 1 aliphatic rings. The summed E-state index contributed by atoms with van der Waals surface area (Å²) in [4.78, 5) is 42.0. The second kappa shape index (κ2) is 12.0. The number of carbonyl (C=O) groups excluding carboxylic acids is 3. The van der Waals surface area contributed by atoms with Crippen molar-refractivity contribution in [2.45, 2.75) is 45.6 Å². The molecule has 1 aromatic heterocycles. The van der Waals surface area contributed by atoms with Gasteiger partial charge in [0.15, 0.2) is 0 Å². The highest BCUT2D eigenvalue weighted by Gasteiger charge is 2.56. The smallest absolute Gasteiger partial charge is 0.235 e. The largest absolute Gasteiger partial charge is 0.492 e. The SMILES string of the molecule is CCOc1ccccc1NC(=O)C1C(=O)CC(C)(O)C(C(=O)Nc2ccccc2OCC)C1c1sccc1C. The lowest BCUT2D eigenvalue weighted by atomic mass is 9.62. The topological polar surface area (TPSA) is 114 Å². The van der Waals surface area contributed by atoms with Gasteiger partial charge in [-0.05, 0) is 69.0 Å². The van der Waals surface area contributed by atoms with E-state index in [1.54, 1.807) is 48.5 Å². The van der Waals surface area contributed by atoms with Crippen LogP contribution in [0.25, 0.3) is 0 Å². The van der Waals surface area contributed by atoms with Gasteiger partial charge in [0.2, 0.25) is 11.8 Å². The van der Waals surface area contributed by atoms with Crippen molar-refractivity contribution in [3.8, 4) is 11.5 Å². The average molecular weight is 551 g/mol. The summed E-state index contributed by atoms with van der Waals surface area (Å²) < 4.78 is 11.3. The molecule has 1 aliphatic carbocycles. The molecule has 9 heteroatoms. The lowest BCUT2D eigenvalue weighted by molar-refractivity contribution is -0.150. The van der Waals surface area contributed by atoms with Crippen molar-refractivity contribution < 1.29 is 29.0 Å². The van der Waals surface area contributed by atoms with E-state index in [1.807, 2.05) is 32.2 Å². The summed E-state index contributed by atoms with van der Waals surface area (Å²) in [5.74, 6) is -3.68. The molecule has 2 aromatic carbocycles. The number of aliphatic hydroxyl groups is 1. The van der Waals surface area contributed by atoms with Crippen molar-refractivity contribution in [2.75, 3.05) is 23.8 Å².